The maximum Gasteiger partial charge on any atom is 0.240 e. The monoisotopic (exact) mass is 365 g/mol. The van der Waals surface area contributed by atoms with Gasteiger partial charge in [-0.05, 0) is 24.9 Å². The zero-order valence-electron chi connectivity index (χ0n) is 15.4. The lowest BCUT2D eigenvalue weighted by atomic mass is 9.93. The van der Waals surface area contributed by atoms with Gasteiger partial charge in [-0.3, -0.25) is 9.69 Å². The van der Waals surface area contributed by atoms with Crippen LogP contribution in [0.1, 0.15) is 40.7 Å². The van der Waals surface area contributed by atoms with Crippen molar-refractivity contribution in [3.8, 4) is 0 Å². The lowest BCUT2D eigenvalue weighted by Gasteiger charge is -2.30. The van der Waals surface area contributed by atoms with Crippen LogP contribution < -0.4 is 0 Å². The summed E-state index contributed by atoms with van der Waals surface area (Å²) in [4.78, 5) is 23.7. The largest absolute Gasteiger partial charge is 0.338 e. The first-order valence-electron chi connectivity index (χ1n) is 9.28. The molecule has 3 heterocycles. The van der Waals surface area contributed by atoms with Gasteiger partial charge >= 0.3 is 0 Å². The molecule has 0 radical (unpaired) electrons. The molecule has 1 saturated heterocycles. The highest BCUT2D eigenvalue weighted by Gasteiger charge is 2.29. The zero-order chi connectivity index (χ0) is 18.6. The van der Waals surface area contributed by atoms with Crippen molar-refractivity contribution in [1.29, 1.82) is 0 Å². The Balaban J connectivity index is 1.37. The van der Waals surface area contributed by atoms with Crippen molar-refractivity contribution < 1.29 is 9.32 Å². The van der Waals surface area contributed by atoms with Crippen LogP contribution in [0.25, 0.3) is 0 Å². The average molecular weight is 365 g/mol. The predicted molar refractivity (Wildman–Crippen MR) is 99.1 cm³/mol. The Kier molecular flexibility index (Phi) is 5.11. The molecule has 7 heteroatoms. The number of piperidine rings is 1. The van der Waals surface area contributed by atoms with Gasteiger partial charge in [-0.15, -0.1) is 0 Å². The van der Waals surface area contributed by atoms with Gasteiger partial charge in [-0.1, -0.05) is 35.5 Å². The van der Waals surface area contributed by atoms with Crippen molar-refractivity contribution in [3.63, 3.8) is 0 Å². The SMILES string of the molecule is Cn1ccnc1C(=O)[C@@H]1CCCN(Cc2nc(Cc3ccccc3)no2)C1. The maximum atomic E-state index is 12.7. The number of carbonyl (C=O) groups excluding carboxylic acids is 1. The predicted octanol–water partition coefficient (Wildman–Crippen LogP) is 2.49. The van der Waals surface area contributed by atoms with Crippen LogP contribution in [-0.4, -0.2) is 43.5 Å². The van der Waals surface area contributed by atoms with E-state index >= 15 is 0 Å². The molecule has 0 aliphatic carbocycles. The Bertz CT molecular complexity index is 902. The molecule has 0 saturated carbocycles. The fraction of sp³-hybridized carbons (Fsp3) is 0.400. The molecule has 4 rings (SSSR count). The number of imidazole rings is 1. The smallest absolute Gasteiger partial charge is 0.240 e. The van der Waals surface area contributed by atoms with Crippen LogP contribution >= 0.6 is 0 Å². The Labute approximate surface area is 158 Å². The number of aromatic nitrogens is 4. The van der Waals surface area contributed by atoms with E-state index in [9.17, 15) is 4.79 Å². The maximum absolute atomic E-state index is 12.7. The molecular formula is C20H23N5O2. The molecule has 1 aromatic carbocycles. The minimum Gasteiger partial charge on any atom is -0.338 e. The first-order chi connectivity index (χ1) is 13.2. The van der Waals surface area contributed by atoms with E-state index in [0.29, 0.717) is 37.0 Å². The van der Waals surface area contributed by atoms with Crippen LogP contribution in [0.3, 0.4) is 0 Å². The third-order valence-electron chi connectivity index (χ3n) is 4.99. The Morgan fingerprint density at radius 1 is 1.30 bits per heavy atom. The van der Waals surface area contributed by atoms with E-state index in [2.05, 4.69) is 32.2 Å². The molecular weight excluding hydrogens is 342 g/mol. The number of ketones is 1. The fourth-order valence-corrected chi connectivity index (χ4v) is 3.59. The molecule has 140 valence electrons. The quantitative estimate of drug-likeness (QED) is 0.625. The third kappa shape index (κ3) is 4.14. The summed E-state index contributed by atoms with van der Waals surface area (Å²) in [6.45, 7) is 2.20. The highest BCUT2D eigenvalue weighted by Crippen LogP contribution is 2.21. The number of Topliss-reactive ketones (excluding diaryl/α,β-unsaturated/α-hetero) is 1. The van der Waals surface area contributed by atoms with Crippen molar-refractivity contribution in [2.24, 2.45) is 13.0 Å². The van der Waals surface area contributed by atoms with Crippen LogP contribution in [0.5, 0.6) is 0 Å². The van der Waals surface area contributed by atoms with Gasteiger partial charge in [0.1, 0.15) is 0 Å². The summed E-state index contributed by atoms with van der Waals surface area (Å²) < 4.78 is 7.21. The molecule has 3 aromatic rings. The number of likely N-dealkylation sites (tertiary alicyclic amines) is 1. The zero-order valence-corrected chi connectivity index (χ0v) is 15.4. The minimum absolute atomic E-state index is 0.0356. The van der Waals surface area contributed by atoms with Crippen molar-refractivity contribution >= 4 is 5.78 Å². The van der Waals surface area contributed by atoms with Crippen LogP contribution in [-0.2, 0) is 20.0 Å². The van der Waals surface area contributed by atoms with Gasteiger partial charge in [0.15, 0.2) is 11.6 Å². The van der Waals surface area contributed by atoms with E-state index in [1.54, 1.807) is 17.0 Å². The fourth-order valence-electron chi connectivity index (χ4n) is 3.59. The molecule has 0 N–H and O–H groups in total. The number of benzene rings is 1. The Morgan fingerprint density at radius 3 is 2.93 bits per heavy atom. The van der Waals surface area contributed by atoms with Crippen molar-refractivity contribution in [3.05, 3.63) is 65.8 Å². The number of rotatable bonds is 6. The first-order valence-corrected chi connectivity index (χ1v) is 9.28. The van der Waals surface area contributed by atoms with Crippen LogP contribution in [0.2, 0.25) is 0 Å². The second kappa shape index (κ2) is 7.84. The lowest BCUT2D eigenvalue weighted by Crippen LogP contribution is -2.39. The summed E-state index contributed by atoms with van der Waals surface area (Å²) in [6.07, 6.45) is 6.00. The highest BCUT2D eigenvalue weighted by molar-refractivity contribution is 5.94. The van der Waals surface area contributed by atoms with Gasteiger partial charge in [0, 0.05) is 38.3 Å². The summed E-state index contributed by atoms with van der Waals surface area (Å²) in [6, 6.07) is 10.1. The molecule has 7 nitrogen and oxygen atoms in total. The molecule has 0 bridgehead atoms. The van der Waals surface area contributed by atoms with Gasteiger partial charge in [0.25, 0.3) is 0 Å². The number of nitrogens with zero attached hydrogens (tertiary/aromatic N) is 5. The summed E-state index contributed by atoms with van der Waals surface area (Å²) in [5.41, 5.74) is 1.16. The molecule has 1 fully saturated rings. The Morgan fingerprint density at radius 2 is 2.15 bits per heavy atom. The van der Waals surface area contributed by atoms with E-state index < -0.39 is 0 Å². The summed E-state index contributed by atoms with van der Waals surface area (Å²) >= 11 is 0. The van der Waals surface area contributed by atoms with E-state index in [1.807, 2.05) is 25.2 Å². The molecule has 1 aliphatic heterocycles. The number of carbonyl (C=O) groups is 1. The second-order valence-electron chi connectivity index (χ2n) is 7.07. The van der Waals surface area contributed by atoms with Gasteiger partial charge in [-0.25, -0.2) is 4.98 Å². The van der Waals surface area contributed by atoms with Crippen LogP contribution in [0.15, 0.2) is 47.2 Å². The number of hydrogen-bond donors (Lipinski definition) is 0. The molecule has 0 spiro atoms. The van der Waals surface area contributed by atoms with Crippen molar-refractivity contribution in [1.82, 2.24) is 24.6 Å². The normalized spacial score (nSPS) is 17.9. The topological polar surface area (TPSA) is 77.1 Å². The molecule has 0 amide bonds. The van der Waals surface area contributed by atoms with E-state index in [1.165, 1.54) is 0 Å². The standard InChI is InChI=1S/C20H23N5O2/c1-24-11-9-21-20(24)19(26)16-8-5-10-25(13-16)14-18-22-17(23-27-18)12-15-6-3-2-4-7-15/h2-4,6-7,9,11,16H,5,8,10,12-14H2,1H3/t16-/m1/s1. The van der Waals surface area contributed by atoms with E-state index in [-0.39, 0.29) is 11.7 Å². The first kappa shape index (κ1) is 17.6. The highest BCUT2D eigenvalue weighted by atomic mass is 16.5. The molecule has 1 aliphatic rings. The molecule has 27 heavy (non-hydrogen) atoms. The average Bonchev–Trinajstić information content (AvgIpc) is 3.31. The Hall–Kier alpha value is -2.80. The van der Waals surface area contributed by atoms with Crippen LogP contribution in [0, 0.1) is 5.92 Å². The summed E-state index contributed by atoms with van der Waals surface area (Å²) in [5, 5.41) is 4.09. The van der Waals surface area contributed by atoms with Crippen molar-refractivity contribution in [2.75, 3.05) is 13.1 Å². The van der Waals surface area contributed by atoms with E-state index in [0.717, 1.165) is 24.9 Å². The number of hydrogen-bond acceptors (Lipinski definition) is 6. The molecule has 0 unspecified atom stereocenters. The summed E-state index contributed by atoms with van der Waals surface area (Å²) in [7, 11) is 1.85. The second-order valence-corrected chi connectivity index (χ2v) is 7.07. The number of aryl methyl sites for hydroxylation is 1. The minimum atomic E-state index is -0.0356. The van der Waals surface area contributed by atoms with Gasteiger partial charge in [0.05, 0.1) is 6.54 Å². The van der Waals surface area contributed by atoms with Crippen molar-refractivity contribution in [2.45, 2.75) is 25.8 Å². The lowest BCUT2D eigenvalue weighted by molar-refractivity contribution is 0.0783. The molecule has 1 atom stereocenters. The van der Waals surface area contributed by atoms with Gasteiger partial charge in [-0.2, -0.15) is 4.98 Å². The summed E-state index contributed by atoms with van der Waals surface area (Å²) in [5.74, 6) is 1.90. The third-order valence-corrected chi connectivity index (χ3v) is 4.99. The van der Waals surface area contributed by atoms with E-state index in [4.69, 9.17) is 4.52 Å². The van der Waals surface area contributed by atoms with Gasteiger partial charge < -0.3 is 9.09 Å². The van der Waals surface area contributed by atoms with Gasteiger partial charge in [0.2, 0.25) is 11.7 Å². The van der Waals surface area contributed by atoms with Crippen LogP contribution in [0.4, 0.5) is 0 Å². The molecule has 2 aromatic heterocycles.